The third-order valence-electron chi connectivity index (χ3n) is 3.51. The van der Waals surface area contributed by atoms with Crippen LogP contribution in [0, 0.1) is 5.41 Å². The van der Waals surface area contributed by atoms with Gasteiger partial charge in [0.2, 0.25) is 0 Å². The summed E-state index contributed by atoms with van der Waals surface area (Å²) < 4.78 is 11.9. The number of hydrogen-bond donors (Lipinski definition) is 2. The molecule has 1 aromatic carbocycles. The van der Waals surface area contributed by atoms with E-state index >= 15 is 0 Å². The zero-order valence-corrected chi connectivity index (χ0v) is 13.6. The highest BCUT2D eigenvalue weighted by Crippen LogP contribution is 2.40. The maximum atomic E-state index is 11.2. The van der Waals surface area contributed by atoms with Gasteiger partial charge in [0.25, 0.3) is 0 Å². The number of aliphatic carboxylic acids is 1. The molecule has 1 aliphatic heterocycles. The summed E-state index contributed by atoms with van der Waals surface area (Å²) in [7, 11) is 0. The zero-order valence-electron chi connectivity index (χ0n) is 12.1. The van der Waals surface area contributed by atoms with E-state index in [1.165, 1.54) is 0 Å². The summed E-state index contributed by atoms with van der Waals surface area (Å²) in [5.41, 5.74) is -0.406. The maximum Gasteiger partial charge on any atom is 0.309 e. The Kier molecular flexibility index (Phi) is 4.78. The molecule has 0 saturated heterocycles. The van der Waals surface area contributed by atoms with Gasteiger partial charge in [-0.3, -0.25) is 4.79 Å². The van der Waals surface area contributed by atoms with Crippen molar-refractivity contribution in [2.24, 2.45) is 5.41 Å². The van der Waals surface area contributed by atoms with E-state index in [1.54, 1.807) is 26.0 Å². The van der Waals surface area contributed by atoms with Crippen molar-refractivity contribution in [3.63, 3.8) is 0 Å². The molecule has 5 nitrogen and oxygen atoms in total. The standard InChI is InChI=1S/C15H19BrO5/c1-15(2,14(18)19)8-11(17)9-6-12-13(7-10(9)16)21-5-3-4-20-12/h6-7,11,17H,3-5,8H2,1-2H3,(H,18,19). The third kappa shape index (κ3) is 3.68. The van der Waals surface area contributed by atoms with Crippen LogP contribution in [0.2, 0.25) is 0 Å². The summed E-state index contributed by atoms with van der Waals surface area (Å²) in [5.74, 6) is 0.276. The summed E-state index contributed by atoms with van der Waals surface area (Å²) in [6.45, 7) is 4.34. The van der Waals surface area contributed by atoms with E-state index in [-0.39, 0.29) is 6.42 Å². The number of carboxylic acids is 1. The van der Waals surface area contributed by atoms with Gasteiger partial charge in [-0.25, -0.2) is 0 Å². The SMILES string of the molecule is CC(C)(CC(O)c1cc2c(cc1Br)OCCCO2)C(=O)O. The molecule has 2 N–H and O–H groups in total. The van der Waals surface area contributed by atoms with Crippen LogP contribution >= 0.6 is 15.9 Å². The number of aliphatic hydroxyl groups is 1. The smallest absolute Gasteiger partial charge is 0.309 e. The van der Waals surface area contributed by atoms with Gasteiger partial charge >= 0.3 is 5.97 Å². The molecule has 116 valence electrons. The van der Waals surface area contributed by atoms with Crippen molar-refractivity contribution in [1.29, 1.82) is 0 Å². The molecule has 1 heterocycles. The second-order valence-corrected chi connectivity index (χ2v) is 6.63. The minimum absolute atomic E-state index is 0.112. The highest BCUT2D eigenvalue weighted by Gasteiger charge is 2.31. The highest BCUT2D eigenvalue weighted by atomic mass is 79.9. The normalized spacial score (nSPS) is 16.2. The van der Waals surface area contributed by atoms with Crippen LogP contribution in [0.25, 0.3) is 0 Å². The van der Waals surface area contributed by atoms with Crippen molar-refractivity contribution in [2.45, 2.75) is 32.8 Å². The molecule has 1 unspecified atom stereocenters. The second kappa shape index (κ2) is 6.23. The lowest BCUT2D eigenvalue weighted by atomic mass is 9.85. The molecule has 0 aliphatic carbocycles. The summed E-state index contributed by atoms with van der Waals surface area (Å²) in [6, 6.07) is 3.47. The fourth-order valence-electron chi connectivity index (χ4n) is 2.14. The van der Waals surface area contributed by atoms with E-state index in [0.29, 0.717) is 34.7 Å². The molecule has 0 aromatic heterocycles. The largest absolute Gasteiger partial charge is 0.490 e. The van der Waals surface area contributed by atoms with Gasteiger partial charge in [0.1, 0.15) is 0 Å². The van der Waals surface area contributed by atoms with E-state index in [2.05, 4.69) is 15.9 Å². The number of halogens is 1. The van der Waals surface area contributed by atoms with E-state index in [0.717, 1.165) is 6.42 Å². The van der Waals surface area contributed by atoms with E-state index in [4.69, 9.17) is 14.6 Å². The van der Waals surface area contributed by atoms with Crippen molar-refractivity contribution >= 4 is 21.9 Å². The van der Waals surface area contributed by atoms with Gasteiger partial charge in [0.15, 0.2) is 11.5 Å². The summed E-state index contributed by atoms with van der Waals surface area (Å²) in [6.07, 6.45) is 0.0132. The molecule has 0 saturated carbocycles. The van der Waals surface area contributed by atoms with Crippen LogP contribution in [0.5, 0.6) is 11.5 Å². The number of ether oxygens (including phenoxy) is 2. The molecule has 0 radical (unpaired) electrons. The quantitative estimate of drug-likeness (QED) is 0.864. The minimum atomic E-state index is -1.01. The average Bonchev–Trinajstić information content (AvgIpc) is 2.61. The Labute approximate surface area is 132 Å². The van der Waals surface area contributed by atoms with Crippen LogP contribution in [-0.2, 0) is 4.79 Å². The number of rotatable bonds is 4. The van der Waals surface area contributed by atoms with Gasteiger partial charge in [-0.15, -0.1) is 0 Å². The summed E-state index contributed by atoms with van der Waals surface area (Å²) in [5, 5.41) is 19.5. The van der Waals surface area contributed by atoms with Gasteiger partial charge < -0.3 is 19.7 Å². The van der Waals surface area contributed by atoms with E-state index in [9.17, 15) is 9.90 Å². The van der Waals surface area contributed by atoms with Gasteiger partial charge in [0, 0.05) is 10.9 Å². The Morgan fingerprint density at radius 1 is 1.33 bits per heavy atom. The van der Waals surface area contributed by atoms with E-state index < -0.39 is 17.5 Å². The van der Waals surface area contributed by atoms with Crippen LogP contribution in [-0.4, -0.2) is 29.4 Å². The van der Waals surface area contributed by atoms with Crippen molar-refractivity contribution < 1.29 is 24.5 Å². The number of fused-ring (bicyclic) bond motifs is 1. The van der Waals surface area contributed by atoms with Gasteiger partial charge in [-0.05, 0) is 38.0 Å². The van der Waals surface area contributed by atoms with Crippen molar-refractivity contribution in [1.82, 2.24) is 0 Å². The molecule has 0 bridgehead atoms. The van der Waals surface area contributed by atoms with Crippen LogP contribution in [0.1, 0.15) is 38.4 Å². The minimum Gasteiger partial charge on any atom is -0.490 e. The zero-order chi connectivity index (χ0) is 15.6. The molecule has 0 spiro atoms. The molecule has 1 aromatic rings. The fourth-order valence-corrected chi connectivity index (χ4v) is 2.72. The summed E-state index contributed by atoms with van der Waals surface area (Å²) >= 11 is 3.40. The predicted octanol–water partition coefficient (Wildman–Crippen LogP) is 3.14. The first-order chi connectivity index (χ1) is 9.81. The van der Waals surface area contributed by atoms with Crippen molar-refractivity contribution in [3.05, 3.63) is 22.2 Å². The average molecular weight is 359 g/mol. The molecule has 1 aliphatic rings. The number of aliphatic hydroxyl groups excluding tert-OH is 1. The lowest BCUT2D eigenvalue weighted by molar-refractivity contribution is -0.148. The molecule has 6 heteroatoms. The van der Waals surface area contributed by atoms with E-state index in [1.807, 2.05) is 0 Å². The van der Waals surface area contributed by atoms with Crippen molar-refractivity contribution in [2.75, 3.05) is 13.2 Å². The number of carbonyl (C=O) groups is 1. The third-order valence-corrected chi connectivity index (χ3v) is 4.20. The first-order valence-corrected chi connectivity index (χ1v) is 7.61. The Bertz CT molecular complexity index is 541. The fraction of sp³-hybridized carbons (Fsp3) is 0.533. The number of carboxylic acid groups (broad SMARTS) is 1. The second-order valence-electron chi connectivity index (χ2n) is 5.78. The Balaban J connectivity index is 2.27. The molecular weight excluding hydrogens is 340 g/mol. The molecule has 0 amide bonds. The Morgan fingerprint density at radius 2 is 1.90 bits per heavy atom. The lowest BCUT2D eigenvalue weighted by Gasteiger charge is -2.24. The molecular formula is C15H19BrO5. The van der Waals surface area contributed by atoms with Crippen LogP contribution in [0.3, 0.4) is 0 Å². The highest BCUT2D eigenvalue weighted by molar-refractivity contribution is 9.10. The molecule has 2 rings (SSSR count). The van der Waals surface area contributed by atoms with Crippen LogP contribution < -0.4 is 9.47 Å². The molecule has 21 heavy (non-hydrogen) atoms. The van der Waals surface area contributed by atoms with Crippen LogP contribution in [0.15, 0.2) is 16.6 Å². The monoisotopic (exact) mass is 358 g/mol. The topological polar surface area (TPSA) is 76.0 Å². The predicted molar refractivity (Wildman–Crippen MR) is 80.7 cm³/mol. The summed E-state index contributed by atoms with van der Waals surface area (Å²) in [4.78, 5) is 11.2. The number of benzene rings is 1. The maximum absolute atomic E-state index is 11.2. The van der Waals surface area contributed by atoms with Crippen molar-refractivity contribution in [3.8, 4) is 11.5 Å². The first kappa shape index (κ1) is 16.1. The first-order valence-electron chi connectivity index (χ1n) is 6.82. The lowest BCUT2D eigenvalue weighted by Crippen LogP contribution is -2.26. The molecule has 1 atom stereocenters. The Hall–Kier alpha value is -1.27. The molecule has 0 fully saturated rings. The van der Waals surface area contributed by atoms with Crippen LogP contribution in [0.4, 0.5) is 0 Å². The Morgan fingerprint density at radius 3 is 2.48 bits per heavy atom. The van der Waals surface area contributed by atoms with Gasteiger partial charge in [0.05, 0.1) is 24.7 Å². The number of hydrogen-bond acceptors (Lipinski definition) is 4. The van der Waals surface area contributed by atoms with Gasteiger partial charge in [-0.2, -0.15) is 0 Å². The van der Waals surface area contributed by atoms with Gasteiger partial charge in [-0.1, -0.05) is 15.9 Å².